The third-order valence-electron chi connectivity index (χ3n) is 7.02. The first kappa shape index (κ1) is 22.2. The zero-order valence-electron chi connectivity index (χ0n) is 20.8. The van der Waals surface area contributed by atoms with Crippen LogP contribution < -0.4 is 0 Å². The molecule has 178 valence electrons. The number of hydrogen-bond donors (Lipinski definition) is 0. The minimum Gasteiger partial charge on any atom is -0.478 e. The van der Waals surface area contributed by atoms with Gasteiger partial charge in [0.15, 0.2) is 0 Å². The number of nitrogens with zero attached hydrogens (tertiary/aromatic N) is 1. The molecule has 0 saturated carbocycles. The van der Waals surface area contributed by atoms with E-state index in [0.29, 0.717) is 12.5 Å². The molecule has 0 radical (unpaired) electrons. The molecule has 5 heteroatoms. The highest BCUT2D eigenvalue weighted by atomic mass is 31.1. The van der Waals surface area contributed by atoms with Crippen molar-refractivity contribution in [3.63, 3.8) is 0 Å². The first-order valence-electron chi connectivity index (χ1n) is 12.1. The van der Waals surface area contributed by atoms with Gasteiger partial charge in [-0.15, -0.1) is 0 Å². The van der Waals surface area contributed by atoms with Crippen molar-refractivity contribution in [3.8, 4) is 0 Å². The van der Waals surface area contributed by atoms with Gasteiger partial charge in [-0.3, -0.25) is 0 Å². The van der Waals surface area contributed by atoms with E-state index in [1.54, 1.807) is 0 Å². The molecule has 0 saturated heterocycles. The van der Waals surface area contributed by atoms with E-state index in [-0.39, 0.29) is 11.5 Å². The van der Waals surface area contributed by atoms with Gasteiger partial charge >= 0.3 is 0 Å². The number of hydrogen-bond acceptors (Lipinski definition) is 4. The Bertz CT molecular complexity index is 1570. The van der Waals surface area contributed by atoms with E-state index < -0.39 is 13.2 Å². The number of rotatable bonds is 2. The number of ether oxygens (including phenoxy) is 1. The zero-order chi connectivity index (χ0) is 24.4. The summed E-state index contributed by atoms with van der Waals surface area (Å²) in [5.41, 5.74) is 1.68. The summed E-state index contributed by atoms with van der Waals surface area (Å²) in [5, 5.41) is 6.24. The monoisotopic (exact) mass is 483 g/mol. The van der Waals surface area contributed by atoms with E-state index in [4.69, 9.17) is 18.1 Å². The second-order valence-electron chi connectivity index (χ2n) is 10.9. The number of benzene rings is 4. The van der Waals surface area contributed by atoms with E-state index in [9.17, 15) is 0 Å². The summed E-state index contributed by atoms with van der Waals surface area (Å²) in [4.78, 5) is 5.02. The van der Waals surface area contributed by atoms with Gasteiger partial charge in [-0.25, -0.2) is 4.99 Å². The van der Waals surface area contributed by atoms with Crippen LogP contribution in [0.1, 0.15) is 34.6 Å². The standard InChI is InChI=1S/C30H30NO3P/c1-29(2,3)25-18-32-28(31-25)30(4,5)35-33-23-16-8-12-19-10-6-14-21(26(19)23)22-15-7-11-20-13-9-17-24(34-35)27(20)22/h6-17,25H,18H2,1-5H3/t25-/m1/s1. The van der Waals surface area contributed by atoms with Crippen molar-refractivity contribution in [3.05, 3.63) is 72.8 Å². The van der Waals surface area contributed by atoms with Crippen molar-refractivity contribution < 1.29 is 13.1 Å². The normalized spacial score (nSPS) is 16.7. The third kappa shape index (κ3) is 3.63. The maximum absolute atomic E-state index is 6.83. The molecule has 1 aliphatic rings. The molecule has 4 nitrogen and oxygen atoms in total. The van der Waals surface area contributed by atoms with Crippen LogP contribution in [0.2, 0.25) is 0 Å². The Kier molecular flexibility index (Phi) is 5.02. The van der Waals surface area contributed by atoms with Crippen molar-refractivity contribution >= 4 is 57.4 Å². The first-order valence-corrected chi connectivity index (χ1v) is 13.3. The van der Waals surface area contributed by atoms with Gasteiger partial charge in [0.05, 0.1) is 6.04 Å². The van der Waals surface area contributed by atoms with E-state index >= 15 is 0 Å². The molecule has 0 amide bonds. The van der Waals surface area contributed by atoms with Crippen LogP contribution in [-0.2, 0) is 9.89 Å². The fourth-order valence-electron chi connectivity index (χ4n) is 4.87. The summed E-state index contributed by atoms with van der Waals surface area (Å²) < 4.78 is 19.9. The summed E-state index contributed by atoms with van der Waals surface area (Å²) in [6, 6.07) is 25.4. The van der Waals surface area contributed by atoms with Crippen LogP contribution in [0.25, 0.3) is 43.5 Å². The average molecular weight is 484 g/mol. The highest BCUT2D eigenvalue weighted by Crippen LogP contribution is 2.49. The summed E-state index contributed by atoms with van der Waals surface area (Å²) >= 11 is 0. The quantitative estimate of drug-likeness (QED) is 0.251. The van der Waals surface area contributed by atoms with E-state index in [1.165, 1.54) is 0 Å². The molecule has 0 unspecified atom stereocenters. The van der Waals surface area contributed by atoms with Gasteiger partial charge in [-0.1, -0.05) is 81.4 Å². The Balaban J connectivity index is 1.77. The van der Waals surface area contributed by atoms with Crippen molar-refractivity contribution in [1.29, 1.82) is 0 Å². The highest BCUT2D eigenvalue weighted by molar-refractivity contribution is 7.40. The van der Waals surface area contributed by atoms with Crippen molar-refractivity contribution in [2.45, 2.75) is 45.8 Å². The number of fused-ring (bicyclic) bond motifs is 1. The van der Waals surface area contributed by atoms with Gasteiger partial charge in [-0.05, 0) is 52.9 Å². The molecule has 0 fully saturated rings. The van der Waals surface area contributed by atoms with Crippen LogP contribution in [0.4, 0.5) is 0 Å². The predicted molar refractivity (Wildman–Crippen MR) is 147 cm³/mol. The van der Waals surface area contributed by atoms with Crippen LogP contribution in [0, 0.1) is 5.41 Å². The molecule has 4 aromatic carbocycles. The first-order chi connectivity index (χ1) is 16.7. The van der Waals surface area contributed by atoms with Crippen molar-refractivity contribution in [2.24, 2.45) is 10.4 Å². The van der Waals surface area contributed by atoms with Gasteiger partial charge < -0.3 is 13.1 Å². The van der Waals surface area contributed by atoms with Crippen LogP contribution in [-0.4, -0.2) is 18.5 Å². The molecule has 0 aliphatic carbocycles. The van der Waals surface area contributed by atoms with Crippen LogP contribution >= 0.6 is 8.01 Å². The van der Waals surface area contributed by atoms with E-state index in [2.05, 4.69) is 83.1 Å². The Morgan fingerprint density at radius 3 is 1.66 bits per heavy atom. The van der Waals surface area contributed by atoms with Gasteiger partial charge in [-0.2, -0.15) is 0 Å². The fourth-order valence-corrected chi connectivity index (χ4v) is 6.30. The highest BCUT2D eigenvalue weighted by Gasteiger charge is 2.41. The Labute approximate surface area is 206 Å². The summed E-state index contributed by atoms with van der Waals surface area (Å²) in [5.74, 6) is 0.712. The molecule has 1 aliphatic heterocycles. The third-order valence-corrected chi connectivity index (χ3v) is 8.85. The van der Waals surface area contributed by atoms with Crippen LogP contribution in [0.5, 0.6) is 0 Å². The molecule has 1 aromatic heterocycles. The summed E-state index contributed by atoms with van der Waals surface area (Å²) in [7, 11) is -1.50. The average Bonchev–Trinajstić information content (AvgIpc) is 3.36. The Hall–Kier alpha value is -3.23. The van der Waals surface area contributed by atoms with Gasteiger partial charge in [0, 0.05) is 10.8 Å². The lowest BCUT2D eigenvalue weighted by molar-refractivity contribution is 0.229. The SMILES string of the molecule is CC(C)(C)[C@H]1COC(C(C)(C)p2oc3cccc4cccc(c5cccc6cccc(o2)c65)c43)=N1. The van der Waals surface area contributed by atoms with Crippen molar-refractivity contribution in [1.82, 2.24) is 0 Å². The lowest BCUT2D eigenvalue weighted by Gasteiger charge is -2.22. The number of aliphatic imine (C=N–C) groups is 1. The van der Waals surface area contributed by atoms with Crippen LogP contribution in [0.15, 0.2) is 86.2 Å². The predicted octanol–water partition coefficient (Wildman–Crippen LogP) is 9.17. The van der Waals surface area contributed by atoms with Crippen LogP contribution in [0.3, 0.4) is 0 Å². The van der Waals surface area contributed by atoms with Gasteiger partial charge in [0.2, 0.25) is 13.9 Å². The smallest absolute Gasteiger partial charge is 0.232 e. The largest absolute Gasteiger partial charge is 0.478 e. The van der Waals surface area contributed by atoms with E-state index in [1.807, 2.05) is 24.3 Å². The second-order valence-corrected chi connectivity index (χ2v) is 12.9. The van der Waals surface area contributed by atoms with Crippen molar-refractivity contribution in [2.75, 3.05) is 6.61 Å². The Morgan fingerprint density at radius 1 is 0.714 bits per heavy atom. The van der Waals surface area contributed by atoms with Gasteiger partial charge in [0.25, 0.3) is 0 Å². The summed E-state index contributed by atoms with van der Waals surface area (Å²) in [6.45, 7) is 11.4. The Morgan fingerprint density at radius 2 is 1.20 bits per heavy atom. The van der Waals surface area contributed by atoms with Gasteiger partial charge in [0.1, 0.15) is 22.9 Å². The minimum absolute atomic E-state index is 0.0281. The molecule has 0 bridgehead atoms. The molecule has 0 N–H and O–H groups in total. The molecule has 35 heavy (non-hydrogen) atoms. The maximum atomic E-state index is 6.83. The molecule has 1 atom stereocenters. The molecule has 6 rings (SSSR count). The maximum Gasteiger partial charge on any atom is 0.232 e. The molecule has 5 aromatic rings. The summed E-state index contributed by atoms with van der Waals surface area (Å²) in [6.07, 6.45) is 0. The lowest BCUT2D eigenvalue weighted by Crippen LogP contribution is -2.25. The minimum atomic E-state index is -1.50. The molecular weight excluding hydrogens is 453 g/mol. The lowest BCUT2D eigenvalue weighted by atomic mass is 9.88. The van der Waals surface area contributed by atoms with E-state index in [0.717, 1.165) is 43.5 Å². The molecule has 2 heterocycles. The second kappa shape index (κ2) is 7.90. The fraction of sp³-hybridized carbons (Fsp3) is 0.300. The molecular formula is C30H30NO3P. The molecule has 0 spiro atoms. The topological polar surface area (TPSA) is 47.9 Å². The zero-order valence-corrected chi connectivity index (χ0v) is 21.7.